The van der Waals surface area contributed by atoms with Crippen LogP contribution in [0.4, 0.5) is 0 Å². The standard InChI is InChI=1S/C46H89N2O6P/c1-6-8-10-12-14-16-18-20-22-24-25-27-29-31-33-35-37-39-45(49)44(43-54-55(51,52)53-42-41-48(3,4)5)47-46(50)40-38-36-34-32-30-28-26-23-21-19-17-15-13-11-9-7-2/h23,26,29,31,37,39,44-45,49H,6-22,24-25,27-28,30,32-36,38,40-43H2,1-5H3,(H-,47,50,51,52)/p+1/b26-23-,31-29+,39-37+. The van der Waals surface area contributed by atoms with Crippen LogP contribution in [0.15, 0.2) is 36.5 Å². The molecule has 0 aliphatic heterocycles. The maximum Gasteiger partial charge on any atom is 0.472 e. The molecule has 0 saturated heterocycles. The minimum absolute atomic E-state index is 0.0546. The Bertz CT molecular complexity index is 995. The fourth-order valence-corrected chi connectivity index (χ4v) is 7.14. The van der Waals surface area contributed by atoms with Crippen LogP contribution in [0.25, 0.3) is 0 Å². The van der Waals surface area contributed by atoms with Crippen LogP contribution in [0.5, 0.6) is 0 Å². The van der Waals surface area contributed by atoms with Crippen LogP contribution in [0, 0.1) is 0 Å². The third-order valence-electron chi connectivity index (χ3n) is 10.1. The van der Waals surface area contributed by atoms with Gasteiger partial charge in [0, 0.05) is 6.42 Å². The average Bonchev–Trinajstić information content (AvgIpc) is 3.13. The van der Waals surface area contributed by atoms with Gasteiger partial charge in [0.05, 0.1) is 39.9 Å². The number of likely N-dealkylation sites (N-methyl/N-ethyl adjacent to an activating group) is 1. The number of amides is 1. The van der Waals surface area contributed by atoms with Gasteiger partial charge in [-0.15, -0.1) is 0 Å². The third-order valence-corrected chi connectivity index (χ3v) is 11.1. The Balaban J connectivity index is 4.48. The number of carbonyl (C=O) groups is 1. The molecule has 0 radical (unpaired) electrons. The number of quaternary nitrogens is 1. The van der Waals surface area contributed by atoms with E-state index in [2.05, 4.69) is 43.5 Å². The van der Waals surface area contributed by atoms with Crippen LogP contribution in [-0.4, -0.2) is 73.4 Å². The second kappa shape index (κ2) is 38.2. The van der Waals surface area contributed by atoms with Gasteiger partial charge in [0.25, 0.3) is 0 Å². The summed E-state index contributed by atoms with van der Waals surface area (Å²) in [4.78, 5) is 23.1. The number of nitrogens with zero attached hydrogens (tertiary/aromatic N) is 1. The lowest BCUT2D eigenvalue weighted by Crippen LogP contribution is -2.45. The number of nitrogens with one attached hydrogen (secondary N) is 1. The minimum Gasteiger partial charge on any atom is -0.387 e. The van der Waals surface area contributed by atoms with Crippen molar-refractivity contribution in [2.75, 3.05) is 40.9 Å². The molecule has 3 N–H and O–H groups in total. The summed E-state index contributed by atoms with van der Waals surface area (Å²) in [6.07, 6.45) is 46.4. The number of phosphoric ester groups is 1. The predicted molar refractivity (Wildman–Crippen MR) is 235 cm³/mol. The first-order chi connectivity index (χ1) is 26.5. The molecule has 0 fully saturated rings. The Labute approximate surface area is 340 Å². The molecule has 0 aliphatic carbocycles. The van der Waals surface area contributed by atoms with Crippen molar-refractivity contribution >= 4 is 13.7 Å². The van der Waals surface area contributed by atoms with Crippen LogP contribution >= 0.6 is 7.82 Å². The molecule has 0 aromatic rings. The van der Waals surface area contributed by atoms with Gasteiger partial charge in [0.15, 0.2) is 0 Å². The number of unbranched alkanes of at least 4 members (excludes halogenated alkanes) is 24. The predicted octanol–water partition coefficient (Wildman–Crippen LogP) is 12.7. The Hall–Kier alpha value is -1.28. The fraction of sp³-hybridized carbons (Fsp3) is 0.848. The number of aliphatic hydroxyl groups excluding tert-OH is 1. The SMILES string of the molecule is CCCCCCCCC/C=C\CCCCCCCC(=O)NC(COP(=O)(O)OCC[N+](C)(C)C)C(O)/C=C/CC/C=C/CCCCCCCCCCCCC. The van der Waals surface area contributed by atoms with E-state index in [4.69, 9.17) is 9.05 Å². The van der Waals surface area contributed by atoms with Crippen molar-refractivity contribution < 1.29 is 32.9 Å². The average molecular weight is 798 g/mol. The molecule has 0 aromatic carbocycles. The summed E-state index contributed by atoms with van der Waals surface area (Å²) in [5.41, 5.74) is 0. The first-order valence-electron chi connectivity index (χ1n) is 22.9. The van der Waals surface area contributed by atoms with E-state index in [1.54, 1.807) is 6.08 Å². The van der Waals surface area contributed by atoms with Gasteiger partial charge < -0.3 is 19.8 Å². The van der Waals surface area contributed by atoms with Crippen molar-refractivity contribution in [3.8, 4) is 0 Å². The van der Waals surface area contributed by atoms with Crippen LogP contribution in [0.2, 0.25) is 0 Å². The normalized spacial score (nSPS) is 14.7. The van der Waals surface area contributed by atoms with Crippen molar-refractivity contribution in [1.82, 2.24) is 5.32 Å². The lowest BCUT2D eigenvalue weighted by molar-refractivity contribution is -0.870. The highest BCUT2D eigenvalue weighted by Gasteiger charge is 2.27. The maximum absolute atomic E-state index is 12.9. The van der Waals surface area contributed by atoms with E-state index in [1.807, 2.05) is 27.2 Å². The molecule has 0 heterocycles. The van der Waals surface area contributed by atoms with Crippen molar-refractivity contribution in [1.29, 1.82) is 0 Å². The summed E-state index contributed by atoms with van der Waals surface area (Å²) < 4.78 is 23.5. The smallest absolute Gasteiger partial charge is 0.387 e. The first kappa shape index (κ1) is 53.7. The van der Waals surface area contributed by atoms with Gasteiger partial charge in [-0.3, -0.25) is 13.8 Å². The zero-order valence-electron chi connectivity index (χ0n) is 36.7. The maximum atomic E-state index is 12.9. The monoisotopic (exact) mass is 798 g/mol. The number of carbonyl (C=O) groups excluding carboxylic acids is 1. The minimum atomic E-state index is -4.35. The Morgan fingerprint density at radius 2 is 1.00 bits per heavy atom. The highest BCUT2D eigenvalue weighted by molar-refractivity contribution is 7.47. The van der Waals surface area contributed by atoms with Crippen molar-refractivity contribution in [2.24, 2.45) is 0 Å². The Morgan fingerprint density at radius 1 is 0.600 bits per heavy atom. The number of phosphoric acid groups is 1. The molecule has 8 nitrogen and oxygen atoms in total. The van der Waals surface area contributed by atoms with E-state index >= 15 is 0 Å². The fourth-order valence-electron chi connectivity index (χ4n) is 6.40. The van der Waals surface area contributed by atoms with E-state index in [-0.39, 0.29) is 19.1 Å². The highest BCUT2D eigenvalue weighted by Crippen LogP contribution is 2.43. The van der Waals surface area contributed by atoms with Gasteiger partial charge in [-0.1, -0.05) is 172 Å². The van der Waals surface area contributed by atoms with Gasteiger partial charge in [-0.2, -0.15) is 0 Å². The van der Waals surface area contributed by atoms with Gasteiger partial charge >= 0.3 is 7.82 Å². The summed E-state index contributed by atoms with van der Waals surface area (Å²) in [6, 6.07) is -0.865. The number of allylic oxidation sites excluding steroid dienone is 5. The summed E-state index contributed by atoms with van der Waals surface area (Å²) in [5, 5.41) is 13.8. The molecule has 3 atom stereocenters. The molecule has 0 aliphatic rings. The summed E-state index contributed by atoms with van der Waals surface area (Å²) in [6.45, 7) is 4.78. The second-order valence-corrected chi connectivity index (χ2v) is 18.2. The largest absolute Gasteiger partial charge is 0.472 e. The summed E-state index contributed by atoms with van der Waals surface area (Å²) in [7, 11) is 1.55. The van der Waals surface area contributed by atoms with Gasteiger partial charge in [-0.25, -0.2) is 4.57 Å². The topological polar surface area (TPSA) is 105 Å². The van der Waals surface area contributed by atoms with Gasteiger partial charge in [0.1, 0.15) is 13.2 Å². The Morgan fingerprint density at radius 3 is 1.45 bits per heavy atom. The molecule has 0 rings (SSSR count). The van der Waals surface area contributed by atoms with Gasteiger partial charge in [0.2, 0.25) is 5.91 Å². The Kier molecular flexibility index (Phi) is 37.4. The van der Waals surface area contributed by atoms with Crippen LogP contribution < -0.4 is 5.32 Å². The molecule has 9 heteroatoms. The first-order valence-corrected chi connectivity index (χ1v) is 24.4. The van der Waals surface area contributed by atoms with E-state index in [0.29, 0.717) is 17.4 Å². The number of hydrogen-bond acceptors (Lipinski definition) is 5. The van der Waals surface area contributed by atoms with E-state index in [9.17, 15) is 19.4 Å². The lowest BCUT2D eigenvalue weighted by Gasteiger charge is -2.25. The molecule has 1 amide bonds. The molecule has 0 aromatic heterocycles. The lowest BCUT2D eigenvalue weighted by atomic mass is 10.1. The number of aliphatic hydroxyl groups is 1. The summed E-state index contributed by atoms with van der Waals surface area (Å²) >= 11 is 0. The summed E-state index contributed by atoms with van der Waals surface area (Å²) in [5.74, 6) is -0.196. The molecule has 0 bridgehead atoms. The van der Waals surface area contributed by atoms with Crippen molar-refractivity contribution in [3.05, 3.63) is 36.5 Å². The zero-order valence-corrected chi connectivity index (χ0v) is 37.6. The second-order valence-electron chi connectivity index (χ2n) is 16.8. The van der Waals surface area contributed by atoms with E-state index in [0.717, 1.165) is 51.4 Å². The number of hydrogen-bond donors (Lipinski definition) is 3. The van der Waals surface area contributed by atoms with Crippen LogP contribution in [-0.2, 0) is 18.4 Å². The van der Waals surface area contributed by atoms with E-state index < -0.39 is 20.0 Å². The highest BCUT2D eigenvalue weighted by atomic mass is 31.2. The van der Waals surface area contributed by atoms with Gasteiger partial charge in [-0.05, 0) is 57.8 Å². The zero-order chi connectivity index (χ0) is 40.7. The van der Waals surface area contributed by atoms with Crippen molar-refractivity contribution in [3.63, 3.8) is 0 Å². The van der Waals surface area contributed by atoms with Crippen LogP contribution in [0.3, 0.4) is 0 Å². The molecular weight excluding hydrogens is 707 g/mol. The van der Waals surface area contributed by atoms with E-state index in [1.165, 1.54) is 128 Å². The number of rotatable bonds is 41. The molecule has 0 spiro atoms. The molecule has 3 unspecified atom stereocenters. The molecular formula is C46H90N2O6P+. The molecule has 55 heavy (non-hydrogen) atoms. The van der Waals surface area contributed by atoms with Crippen molar-refractivity contribution in [2.45, 2.75) is 212 Å². The van der Waals surface area contributed by atoms with Crippen LogP contribution in [0.1, 0.15) is 200 Å². The molecule has 0 saturated carbocycles. The third kappa shape index (κ3) is 40.7. The molecule has 324 valence electrons. The quantitative estimate of drug-likeness (QED) is 0.0246.